The lowest BCUT2D eigenvalue weighted by atomic mass is 9.98. The third-order valence-electron chi connectivity index (χ3n) is 5.54. The molecule has 1 unspecified atom stereocenters. The van der Waals surface area contributed by atoms with Gasteiger partial charge < -0.3 is 4.74 Å². The Bertz CT molecular complexity index is 1220. The van der Waals surface area contributed by atoms with E-state index in [0.29, 0.717) is 10.8 Å². The summed E-state index contributed by atoms with van der Waals surface area (Å²) in [5.41, 5.74) is 5.02. The number of aromatic nitrogens is 2. The van der Waals surface area contributed by atoms with Crippen molar-refractivity contribution in [3.05, 3.63) is 107 Å². The van der Waals surface area contributed by atoms with Crippen molar-refractivity contribution in [2.45, 2.75) is 12.5 Å². The van der Waals surface area contributed by atoms with E-state index in [2.05, 4.69) is 22.3 Å². The van der Waals surface area contributed by atoms with Crippen LogP contribution in [-0.4, -0.2) is 23.0 Å². The summed E-state index contributed by atoms with van der Waals surface area (Å²) < 4.78 is 5.32. The molecule has 0 bridgehead atoms. The fraction of sp³-hybridized carbons (Fsp3) is 0.115. The van der Waals surface area contributed by atoms with Crippen LogP contribution < -0.4 is 9.75 Å². The van der Waals surface area contributed by atoms with Crippen molar-refractivity contribution in [3.8, 4) is 17.0 Å². The smallest absolute Gasteiger partial charge is 0.172 e. The summed E-state index contributed by atoms with van der Waals surface area (Å²) in [5.74, 6) is 1.53. The Morgan fingerprint density at radius 2 is 1.56 bits per heavy atom. The molecule has 0 aliphatic carbocycles. The number of nitrogens with zero attached hydrogens (tertiary/aromatic N) is 4. The van der Waals surface area contributed by atoms with Crippen LogP contribution in [0.2, 0.25) is 5.02 Å². The zero-order valence-corrected chi connectivity index (χ0v) is 18.3. The molecule has 3 aromatic carbocycles. The number of methoxy groups -OCH3 is 1. The summed E-state index contributed by atoms with van der Waals surface area (Å²) in [7, 11) is 1.67. The maximum atomic E-state index is 6.08. The summed E-state index contributed by atoms with van der Waals surface area (Å²) in [5, 5.41) is 16.6. The van der Waals surface area contributed by atoms with Gasteiger partial charge >= 0.3 is 0 Å². The van der Waals surface area contributed by atoms with Crippen molar-refractivity contribution >= 4 is 23.1 Å². The molecule has 0 amide bonds. The topological polar surface area (TPSA) is 50.6 Å². The van der Waals surface area contributed by atoms with Crippen molar-refractivity contribution < 1.29 is 4.74 Å². The summed E-state index contributed by atoms with van der Waals surface area (Å²) in [6, 6.07) is 29.8. The molecule has 0 spiro atoms. The van der Waals surface area contributed by atoms with Crippen molar-refractivity contribution in [2.24, 2.45) is 5.10 Å². The molecular weight excluding hydrogens is 420 g/mol. The first-order chi connectivity index (χ1) is 15.7. The van der Waals surface area contributed by atoms with Crippen molar-refractivity contribution in [1.82, 2.24) is 10.2 Å². The van der Waals surface area contributed by atoms with Gasteiger partial charge in [-0.3, -0.25) is 0 Å². The predicted octanol–water partition coefficient (Wildman–Crippen LogP) is 6.16. The molecule has 1 atom stereocenters. The van der Waals surface area contributed by atoms with Gasteiger partial charge in [0.15, 0.2) is 5.82 Å². The second-order valence-electron chi connectivity index (χ2n) is 7.53. The molecule has 1 aliphatic heterocycles. The number of hydrogen-bond donors (Lipinski definition) is 0. The molecule has 32 heavy (non-hydrogen) atoms. The van der Waals surface area contributed by atoms with E-state index in [-0.39, 0.29) is 6.04 Å². The van der Waals surface area contributed by atoms with Gasteiger partial charge in [-0.2, -0.15) is 5.10 Å². The second kappa shape index (κ2) is 8.81. The Morgan fingerprint density at radius 1 is 0.812 bits per heavy atom. The predicted molar refractivity (Wildman–Crippen MR) is 128 cm³/mol. The van der Waals surface area contributed by atoms with E-state index < -0.39 is 0 Å². The van der Waals surface area contributed by atoms with Crippen LogP contribution in [-0.2, 0) is 0 Å². The molecule has 158 valence electrons. The zero-order valence-electron chi connectivity index (χ0n) is 17.5. The number of benzene rings is 3. The quantitative estimate of drug-likeness (QED) is 0.373. The van der Waals surface area contributed by atoms with Crippen LogP contribution >= 0.6 is 11.6 Å². The monoisotopic (exact) mass is 440 g/mol. The summed E-state index contributed by atoms with van der Waals surface area (Å²) in [6.07, 6.45) is 0.746. The van der Waals surface area contributed by atoms with Crippen molar-refractivity contribution in [2.75, 3.05) is 12.1 Å². The van der Waals surface area contributed by atoms with Crippen LogP contribution in [0.3, 0.4) is 0 Å². The standard InChI is InChI=1S/C26H21ClN4O/c1-32-22-13-9-20(10-14-22)25-17-24(19-7-11-21(27)12-8-19)30-31(25)26-16-15-23(28-29-26)18-5-3-2-4-6-18/h2-16,25H,17H2,1H3. The highest BCUT2D eigenvalue weighted by Crippen LogP contribution is 2.36. The van der Waals surface area contributed by atoms with Crippen molar-refractivity contribution in [1.29, 1.82) is 0 Å². The van der Waals surface area contributed by atoms with E-state index in [1.807, 2.05) is 83.9 Å². The molecule has 2 heterocycles. The van der Waals surface area contributed by atoms with Crippen LogP contribution in [0, 0.1) is 0 Å². The Hall–Kier alpha value is -3.70. The molecule has 1 aliphatic rings. The van der Waals surface area contributed by atoms with E-state index >= 15 is 0 Å². The molecule has 0 fully saturated rings. The lowest BCUT2D eigenvalue weighted by Gasteiger charge is -2.22. The lowest BCUT2D eigenvalue weighted by molar-refractivity contribution is 0.414. The van der Waals surface area contributed by atoms with Crippen LogP contribution in [0.1, 0.15) is 23.6 Å². The number of ether oxygens (including phenoxy) is 1. The normalized spacial score (nSPS) is 15.5. The highest BCUT2D eigenvalue weighted by atomic mass is 35.5. The molecule has 0 N–H and O–H groups in total. The van der Waals surface area contributed by atoms with Gasteiger partial charge in [-0.05, 0) is 47.5 Å². The SMILES string of the molecule is COc1ccc(C2CC(c3ccc(Cl)cc3)=NN2c2ccc(-c3ccccc3)nn2)cc1. The van der Waals surface area contributed by atoms with E-state index in [0.717, 1.165) is 40.3 Å². The largest absolute Gasteiger partial charge is 0.497 e. The molecule has 5 nitrogen and oxygen atoms in total. The average molecular weight is 441 g/mol. The minimum Gasteiger partial charge on any atom is -0.497 e. The molecule has 6 heteroatoms. The number of anilines is 1. The van der Waals surface area contributed by atoms with E-state index in [9.17, 15) is 0 Å². The van der Waals surface area contributed by atoms with Crippen LogP contribution in [0.25, 0.3) is 11.3 Å². The number of halogens is 1. The van der Waals surface area contributed by atoms with Gasteiger partial charge in [-0.25, -0.2) is 5.01 Å². The number of hydrogen-bond acceptors (Lipinski definition) is 5. The summed E-state index contributed by atoms with van der Waals surface area (Å²) in [4.78, 5) is 0. The zero-order chi connectivity index (χ0) is 21.9. The first-order valence-corrected chi connectivity index (χ1v) is 10.7. The number of hydrazone groups is 1. The molecule has 1 aromatic heterocycles. The third-order valence-corrected chi connectivity index (χ3v) is 5.80. The fourth-order valence-electron chi connectivity index (χ4n) is 3.83. The van der Waals surface area contributed by atoms with Gasteiger partial charge in [0.05, 0.1) is 24.6 Å². The van der Waals surface area contributed by atoms with Gasteiger partial charge in [0, 0.05) is 17.0 Å². The maximum absolute atomic E-state index is 6.08. The minimum atomic E-state index is 0.00320. The van der Waals surface area contributed by atoms with Crippen LogP contribution in [0.5, 0.6) is 5.75 Å². The van der Waals surface area contributed by atoms with Gasteiger partial charge in [-0.15, -0.1) is 10.2 Å². The molecular formula is C26H21ClN4O. The Morgan fingerprint density at radius 3 is 2.22 bits per heavy atom. The minimum absolute atomic E-state index is 0.00320. The highest BCUT2D eigenvalue weighted by molar-refractivity contribution is 6.30. The highest BCUT2D eigenvalue weighted by Gasteiger charge is 2.31. The molecule has 5 rings (SSSR count). The van der Waals surface area contributed by atoms with Crippen molar-refractivity contribution in [3.63, 3.8) is 0 Å². The summed E-state index contributed by atoms with van der Waals surface area (Å²) >= 11 is 6.08. The van der Waals surface area contributed by atoms with Gasteiger partial charge in [0.1, 0.15) is 5.75 Å². The van der Waals surface area contributed by atoms with E-state index in [1.54, 1.807) is 7.11 Å². The number of rotatable bonds is 5. The summed E-state index contributed by atoms with van der Waals surface area (Å²) in [6.45, 7) is 0. The Balaban J connectivity index is 1.50. The Labute approximate surface area is 192 Å². The molecule has 0 saturated heterocycles. The first-order valence-electron chi connectivity index (χ1n) is 10.4. The lowest BCUT2D eigenvalue weighted by Crippen LogP contribution is -2.20. The average Bonchev–Trinajstić information content (AvgIpc) is 3.31. The molecule has 0 radical (unpaired) electrons. The second-order valence-corrected chi connectivity index (χ2v) is 7.97. The Kier molecular flexibility index (Phi) is 5.57. The van der Waals surface area contributed by atoms with Gasteiger partial charge in [0.2, 0.25) is 0 Å². The maximum Gasteiger partial charge on any atom is 0.172 e. The molecule has 4 aromatic rings. The fourth-order valence-corrected chi connectivity index (χ4v) is 3.96. The molecule has 0 saturated carbocycles. The van der Waals surface area contributed by atoms with E-state index in [1.165, 1.54) is 0 Å². The third kappa shape index (κ3) is 4.07. The van der Waals surface area contributed by atoms with Gasteiger partial charge in [0.25, 0.3) is 0 Å². The first kappa shape index (κ1) is 20.2. The van der Waals surface area contributed by atoms with Gasteiger partial charge in [-0.1, -0.05) is 66.2 Å². The van der Waals surface area contributed by atoms with Crippen LogP contribution in [0.15, 0.2) is 96.1 Å². The van der Waals surface area contributed by atoms with Crippen LogP contribution in [0.4, 0.5) is 5.82 Å². The van der Waals surface area contributed by atoms with E-state index in [4.69, 9.17) is 21.4 Å².